The zero-order chi connectivity index (χ0) is 9.28. The van der Waals surface area contributed by atoms with Gasteiger partial charge < -0.3 is 10.4 Å². The van der Waals surface area contributed by atoms with Crippen LogP contribution < -0.4 is 5.32 Å². The number of aliphatic carboxylic acids is 1. The third kappa shape index (κ3) is 45.6. The number of hydrogen-bond donors (Lipinski definition) is 3. The van der Waals surface area contributed by atoms with Crippen molar-refractivity contribution < 1.29 is 14.7 Å². The fourth-order valence-corrected chi connectivity index (χ4v) is 0.129. The molecule has 1 amide bonds. The predicted molar refractivity (Wildman–Crippen MR) is 45.8 cm³/mol. The molecule has 0 saturated carbocycles. The molecule has 4 nitrogen and oxygen atoms in total. The maximum atomic E-state index is 9.54. The average Bonchev–Trinajstić information content (AvgIpc) is 1.82. The lowest BCUT2D eigenvalue weighted by Gasteiger charge is -1.85. The van der Waals surface area contributed by atoms with Gasteiger partial charge in [0.2, 0.25) is 6.41 Å². The first-order valence-electron chi connectivity index (χ1n) is 3.07. The van der Waals surface area contributed by atoms with E-state index in [2.05, 4.69) is 12.6 Å². The van der Waals surface area contributed by atoms with E-state index in [0.717, 1.165) is 0 Å². The van der Waals surface area contributed by atoms with Crippen molar-refractivity contribution in [3.05, 3.63) is 0 Å². The van der Waals surface area contributed by atoms with E-state index in [1.807, 2.05) is 19.2 Å². The molecular weight excluding hydrogens is 166 g/mol. The Kier molecular flexibility index (Phi) is 10.9. The number of carbonyl (C=O) groups excluding carboxylic acids is 1. The summed E-state index contributed by atoms with van der Waals surface area (Å²) in [5, 5.41) is 10.3. The molecule has 0 unspecified atom stereocenters. The number of carboxylic acids is 1. The molecule has 0 heterocycles. The second-order valence-electron chi connectivity index (χ2n) is 1.99. The number of hydrogen-bond acceptors (Lipinski definition) is 3. The van der Waals surface area contributed by atoms with Crippen LogP contribution in [0, 0.1) is 0 Å². The van der Waals surface area contributed by atoms with Gasteiger partial charge >= 0.3 is 5.97 Å². The van der Waals surface area contributed by atoms with Crippen molar-refractivity contribution >= 4 is 25.0 Å². The minimum atomic E-state index is -1.04. The maximum Gasteiger partial charge on any atom is 0.322 e. The van der Waals surface area contributed by atoms with Crippen LogP contribution in [0.4, 0.5) is 0 Å². The van der Waals surface area contributed by atoms with Crippen LogP contribution in [0.25, 0.3) is 0 Å². The molecule has 66 valence electrons. The van der Waals surface area contributed by atoms with Crippen molar-refractivity contribution in [1.29, 1.82) is 0 Å². The summed E-state index contributed by atoms with van der Waals surface area (Å²) in [6.45, 7) is 3.76. The Bertz CT molecular complexity index is 114. The largest absolute Gasteiger partial charge is 0.480 e. The lowest BCUT2D eigenvalue weighted by atomic mass is 10.6. The van der Waals surface area contributed by atoms with Gasteiger partial charge in [0.05, 0.1) is 0 Å². The number of carbonyl (C=O) groups is 2. The highest BCUT2D eigenvalue weighted by atomic mass is 32.1. The molecule has 0 fully saturated rings. The van der Waals surface area contributed by atoms with E-state index in [1.165, 1.54) is 0 Å². The fourth-order valence-electron chi connectivity index (χ4n) is 0.129. The summed E-state index contributed by atoms with van der Waals surface area (Å²) in [5.74, 6) is -1.04. The van der Waals surface area contributed by atoms with Crippen molar-refractivity contribution in [3.8, 4) is 0 Å². The second kappa shape index (κ2) is 9.29. The number of rotatable bonds is 3. The highest BCUT2D eigenvalue weighted by molar-refractivity contribution is 7.80. The predicted octanol–water partition coefficient (Wildman–Crippen LogP) is 0.142. The summed E-state index contributed by atoms with van der Waals surface area (Å²) in [4.78, 5) is 18.9. The van der Waals surface area contributed by atoms with Crippen molar-refractivity contribution in [2.75, 3.05) is 6.54 Å². The van der Waals surface area contributed by atoms with Gasteiger partial charge in [-0.05, 0) is 5.25 Å². The number of carboxylic acid groups (broad SMARTS) is 1. The lowest BCUT2D eigenvalue weighted by Crippen LogP contribution is -2.20. The fraction of sp³-hybridized carbons (Fsp3) is 0.667. The first kappa shape index (κ1) is 12.9. The van der Waals surface area contributed by atoms with Crippen molar-refractivity contribution in [3.63, 3.8) is 0 Å². The minimum Gasteiger partial charge on any atom is -0.480 e. The Morgan fingerprint density at radius 3 is 2.18 bits per heavy atom. The smallest absolute Gasteiger partial charge is 0.322 e. The average molecular weight is 179 g/mol. The van der Waals surface area contributed by atoms with E-state index < -0.39 is 5.97 Å². The number of nitrogens with one attached hydrogen (secondary N) is 1. The van der Waals surface area contributed by atoms with E-state index in [1.54, 1.807) is 0 Å². The van der Waals surface area contributed by atoms with Crippen molar-refractivity contribution in [2.45, 2.75) is 19.1 Å². The summed E-state index contributed by atoms with van der Waals surface area (Å²) in [7, 11) is 0. The maximum absolute atomic E-state index is 9.54. The molecule has 0 saturated heterocycles. The molecule has 0 spiro atoms. The van der Waals surface area contributed by atoms with Gasteiger partial charge in [-0.25, -0.2) is 0 Å². The van der Waals surface area contributed by atoms with Gasteiger partial charge in [0, 0.05) is 0 Å². The van der Waals surface area contributed by atoms with Gasteiger partial charge in [0.15, 0.2) is 0 Å². The molecule has 0 bridgehead atoms. The monoisotopic (exact) mass is 179 g/mol. The quantitative estimate of drug-likeness (QED) is 0.426. The van der Waals surface area contributed by atoms with Crippen LogP contribution in [0.1, 0.15) is 13.8 Å². The molecule has 11 heavy (non-hydrogen) atoms. The van der Waals surface area contributed by atoms with E-state index in [0.29, 0.717) is 11.7 Å². The Labute approximate surface area is 71.4 Å². The van der Waals surface area contributed by atoms with Crippen molar-refractivity contribution in [2.24, 2.45) is 0 Å². The molecule has 0 radical (unpaired) electrons. The van der Waals surface area contributed by atoms with E-state index in [-0.39, 0.29) is 6.54 Å². The third-order valence-electron chi connectivity index (χ3n) is 0.337. The third-order valence-corrected chi connectivity index (χ3v) is 0.337. The van der Waals surface area contributed by atoms with Gasteiger partial charge in [0.25, 0.3) is 0 Å². The Morgan fingerprint density at radius 2 is 2.09 bits per heavy atom. The van der Waals surface area contributed by atoms with Crippen LogP contribution in [0.2, 0.25) is 0 Å². The minimum absolute atomic E-state index is 0.302. The van der Waals surface area contributed by atoms with E-state index >= 15 is 0 Å². The summed E-state index contributed by atoms with van der Waals surface area (Å²) in [6.07, 6.45) is 0.341. The standard InChI is InChI=1S/C3H5NO3.C3H8S/c5-2-4-1-3(6)7;1-3(2)4/h2H,1H2,(H,4,5)(H,6,7);3-4H,1-2H3. The molecule has 0 aromatic carbocycles. The zero-order valence-electron chi connectivity index (χ0n) is 6.57. The summed E-state index contributed by atoms with van der Waals surface area (Å²) in [5.41, 5.74) is 0. The first-order valence-corrected chi connectivity index (χ1v) is 3.59. The molecule has 0 atom stereocenters. The molecule has 0 aliphatic carbocycles. The topological polar surface area (TPSA) is 66.4 Å². The molecule has 0 aliphatic rings. The lowest BCUT2D eigenvalue weighted by molar-refractivity contribution is -0.136. The SMILES string of the molecule is CC(C)S.O=CNCC(=O)O. The highest BCUT2D eigenvalue weighted by Gasteiger charge is 1.88. The Balaban J connectivity index is 0. The molecule has 5 heteroatoms. The Hall–Kier alpha value is -0.710. The van der Waals surface area contributed by atoms with Crippen LogP contribution >= 0.6 is 12.6 Å². The van der Waals surface area contributed by atoms with E-state index in [9.17, 15) is 9.59 Å². The van der Waals surface area contributed by atoms with Crippen LogP contribution in [0.5, 0.6) is 0 Å². The molecule has 0 aliphatic heterocycles. The molecule has 0 aromatic rings. The molecule has 2 N–H and O–H groups in total. The van der Waals surface area contributed by atoms with E-state index in [4.69, 9.17) is 5.11 Å². The number of thiol groups is 1. The molecule has 0 aromatic heterocycles. The number of amides is 1. The van der Waals surface area contributed by atoms with Crippen LogP contribution in [0.3, 0.4) is 0 Å². The second-order valence-corrected chi connectivity index (χ2v) is 3.02. The summed E-state index contributed by atoms with van der Waals surface area (Å²) in [6, 6.07) is 0. The zero-order valence-corrected chi connectivity index (χ0v) is 7.47. The van der Waals surface area contributed by atoms with Crippen LogP contribution in [-0.2, 0) is 9.59 Å². The van der Waals surface area contributed by atoms with Gasteiger partial charge in [-0.2, -0.15) is 12.6 Å². The van der Waals surface area contributed by atoms with Gasteiger partial charge in [-0.15, -0.1) is 0 Å². The van der Waals surface area contributed by atoms with Crippen LogP contribution in [0.15, 0.2) is 0 Å². The normalized spacial score (nSPS) is 8.00. The highest BCUT2D eigenvalue weighted by Crippen LogP contribution is 1.83. The summed E-state index contributed by atoms with van der Waals surface area (Å²) < 4.78 is 0. The van der Waals surface area contributed by atoms with Gasteiger partial charge in [-0.1, -0.05) is 13.8 Å². The summed E-state index contributed by atoms with van der Waals surface area (Å²) >= 11 is 3.97. The van der Waals surface area contributed by atoms with Gasteiger partial charge in [-0.3, -0.25) is 9.59 Å². The molecule has 0 rings (SSSR count). The first-order chi connectivity index (χ1) is 5.00. The molecular formula is C6H13NO3S. The van der Waals surface area contributed by atoms with Crippen LogP contribution in [-0.4, -0.2) is 29.3 Å². The Morgan fingerprint density at radius 1 is 1.73 bits per heavy atom. The van der Waals surface area contributed by atoms with Gasteiger partial charge in [0.1, 0.15) is 6.54 Å². The van der Waals surface area contributed by atoms with Crippen molar-refractivity contribution in [1.82, 2.24) is 5.32 Å².